The van der Waals surface area contributed by atoms with Crippen molar-refractivity contribution in [2.45, 2.75) is 490 Å². The lowest BCUT2D eigenvalue weighted by molar-refractivity contribution is -0.161. The molecular weight excluding hydrogens is 1380 g/mol. The molecule has 0 amide bonds. The van der Waals surface area contributed by atoms with Crippen molar-refractivity contribution in [1.82, 2.24) is 0 Å². The molecule has 0 heterocycles. The van der Waals surface area contributed by atoms with Gasteiger partial charge in [-0.1, -0.05) is 420 Å². The first-order chi connectivity index (χ1) is 51.5. The lowest BCUT2D eigenvalue weighted by Gasteiger charge is -2.21. The Morgan fingerprint density at radius 2 is 0.434 bits per heavy atom. The Kier molecular flexibility index (Phi) is 78.2. The van der Waals surface area contributed by atoms with Crippen molar-refractivity contribution >= 4 is 39.5 Å². The van der Waals surface area contributed by atoms with Crippen LogP contribution in [0.5, 0.6) is 0 Å². The number of hydrogen-bond acceptors (Lipinski definition) is 15. The number of phosphoric acid groups is 2. The van der Waals surface area contributed by atoms with Gasteiger partial charge in [0.15, 0.2) is 12.2 Å². The molecule has 0 aromatic rings. The van der Waals surface area contributed by atoms with E-state index in [-0.39, 0.29) is 25.7 Å². The van der Waals surface area contributed by atoms with Gasteiger partial charge >= 0.3 is 39.5 Å². The molecule has 0 radical (unpaired) electrons. The lowest BCUT2D eigenvalue weighted by Crippen LogP contribution is -2.30. The zero-order valence-electron chi connectivity index (χ0n) is 69.6. The first kappa shape index (κ1) is 104. The standard InChI is InChI=1S/C87H170O17P2/c1-6-9-12-15-18-21-23-25-27-29-31-32-34-40-44-48-53-58-63-68-73-87(92)104-83(77-98-85(90)71-66-61-56-51-46-42-38-36-35-37-41-45-50-54-59-64-69-80(4)5)79-102-106(95,96)100-75-81(88)74-99-105(93,94)101-78-82(76-97-84(89)70-65-60-55-49-20-17-14-11-8-3)103-86(91)72-67-62-57-52-47-43-39-33-30-28-26-24-22-19-16-13-10-7-2/h80-83,88H,6-79H2,1-5H3,(H,93,94)(H,95,96)/t81-,82+,83+/m0/s1. The Bertz CT molecular complexity index is 2010. The summed E-state index contributed by atoms with van der Waals surface area (Å²) >= 11 is 0. The van der Waals surface area contributed by atoms with Crippen LogP contribution in [0.3, 0.4) is 0 Å². The molecule has 630 valence electrons. The van der Waals surface area contributed by atoms with Crippen LogP contribution in [0.2, 0.25) is 0 Å². The fourth-order valence-corrected chi connectivity index (χ4v) is 15.2. The smallest absolute Gasteiger partial charge is 0.462 e. The van der Waals surface area contributed by atoms with Gasteiger partial charge in [0, 0.05) is 25.7 Å². The monoisotopic (exact) mass is 1550 g/mol. The minimum Gasteiger partial charge on any atom is -0.462 e. The Labute approximate surface area is 651 Å². The molecule has 5 atom stereocenters. The molecule has 2 unspecified atom stereocenters. The maximum atomic E-state index is 13.1. The highest BCUT2D eigenvalue weighted by atomic mass is 31.2. The van der Waals surface area contributed by atoms with E-state index < -0.39 is 97.5 Å². The third-order valence-electron chi connectivity index (χ3n) is 20.5. The van der Waals surface area contributed by atoms with E-state index in [4.69, 9.17) is 37.0 Å². The molecule has 0 saturated heterocycles. The lowest BCUT2D eigenvalue weighted by atomic mass is 10.0. The van der Waals surface area contributed by atoms with E-state index in [1.54, 1.807) is 0 Å². The normalized spacial score (nSPS) is 13.7. The molecule has 0 aliphatic heterocycles. The molecule has 0 aromatic heterocycles. The molecule has 0 spiro atoms. The van der Waals surface area contributed by atoms with Crippen molar-refractivity contribution in [2.75, 3.05) is 39.6 Å². The van der Waals surface area contributed by atoms with Crippen molar-refractivity contribution in [3.8, 4) is 0 Å². The van der Waals surface area contributed by atoms with Crippen molar-refractivity contribution in [2.24, 2.45) is 5.92 Å². The molecule has 0 fully saturated rings. The predicted molar refractivity (Wildman–Crippen MR) is 437 cm³/mol. The van der Waals surface area contributed by atoms with E-state index in [9.17, 15) is 43.2 Å². The number of ether oxygens (including phenoxy) is 4. The summed E-state index contributed by atoms with van der Waals surface area (Å²) in [6.45, 7) is 7.39. The van der Waals surface area contributed by atoms with E-state index in [0.29, 0.717) is 25.7 Å². The molecule has 3 N–H and O–H groups in total. The summed E-state index contributed by atoms with van der Waals surface area (Å²) < 4.78 is 68.9. The maximum Gasteiger partial charge on any atom is 0.472 e. The van der Waals surface area contributed by atoms with Crippen LogP contribution >= 0.6 is 15.6 Å². The van der Waals surface area contributed by atoms with Gasteiger partial charge in [-0.15, -0.1) is 0 Å². The van der Waals surface area contributed by atoms with Gasteiger partial charge in [0.25, 0.3) is 0 Å². The van der Waals surface area contributed by atoms with E-state index in [1.807, 2.05) is 0 Å². The third-order valence-corrected chi connectivity index (χ3v) is 22.4. The Hall–Kier alpha value is -1.94. The summed E-state index contributed by atoms with van der Waals surface area (Å²) in [6.07, 6.45) is 73.7. The van der Waals surface area contributed by atoms with Gasteiger partial charge in [0.05, 0.1) is 26.4 Å². The minimum atomic E-state index is -4.97. The zero-order valence-corrected chi connectivity index (χ0v) is 71.4. The summed E-state index contributed by atoms with van der Waals surface area (Å²) in [6, 6.07) is 0. The van der Waals surface area contributed by atoms with Gasteiger partial charge in [-0.2, -0.15) is 0 Å². The SMILES string of the molecule is CCCCCCCCCCCCCCCCCCCCCCC(=O)O[C@H](COC(=O)CCCCCCCCCCCCCCCCCCC(C)C)COP(=O)(O)OC[C@@H](O)COP(=O)(O)OC[C@@H](COC(=O)CCCCCCCCCCC)OC(=O)CCCCCCCCCCCCCCCCCCCC. The molecule has 0 aliphatic carbocycles. The van der Waals surface area contributed by atoms with Gasteiger partial charge in [-0.05, 0) is 31.6 Å². The van der Waals surface area contributed by atoms with Crippen LogP contribution in [0.1, 0.15) is 471 Å². The summed E-state index contributed by atoms with van der Waals surface area (Å²) in [7, 11) is -9.93. The molecule has 0 saturated carbocycles. The van der Waals surface area contributed by atoms with Crippen LogP contribution < -0.4 is 0 Å². The summed E-state index contributed by atoms with van der Waals surface area (Å²) in [4.78, 5) is 73.2. The first-order valence-corrected chi connectivity index (χ1v) is 48.1. The molecule has 17 nitrogen and oxygen atoms in total. The highest BCUT2D eigenvalue weighted by molar-refractivity contribution is 7.47. The number of hydrogen-bond donors (Lipinski definition) is 3. The molecule has 0 rings (SSSR count). The van der Waals surface area contributed by atoms with Gasteiger partial charge in [0.1, 0.15) is 19.3 Å². The van der Waals surface area contributed by atoms with Crippen LogP contribution in [-0.2, 0) is 65.4 Å². The topological polar surface area (TPSA) is 237 Å². The number of aliphatic hydroxyl groups excluding tert-OH is 1. The number of unbranched alkanes of at least 4 members (excludes halogenated alkanes) is 59. The fourth-order valence-electron chi connectivity index (χ4n) is 13.6. The fraction of sp³-hybridized carbons (Fsp3) is 0.954. The summed E-state index contributed by atoms with van der Waals surface area (Å²) in [5.74, 6) is -1.29. The van der Waals surface area contributed by atoms with Crippen molar-refractivity contribution in [3.63, 3.8) is 0 Å². The number of rotatable bonds is 87. The van der Waals surface area contributed by atoms with Crippen molar-refractivity contribution in [3.05, 3.63) is 0 Å². The Morgan fingerprint density at radius 1 is 0.255 bits per heavy atom. The molecule has 19 heteroatoms. The second kappa shape index (κ2) is 79.7. The van der Waals surface area contributed by atoms with E-state index >= 15 is 0 Å². The number of carbonyl (C=O) groups is 4. The number of carbonyl (C=O) groups excluding carboxylic acids is 4. The first-order valence-electron chi connectivity index (χ1n) is 45.1. The Balaban J connectivity index is 5.20. The number of phosphoric ester groups is 2. The van der Waals surface area contributed by atoms with Crippen LogP contribution in [0.15, 0.2) is 0 Å². The molecule has 0 aliphatic rings. The van der Waals surface area contributed by atoms with E-state index in [1.165, 1.54) is 295 Å². The van der Waals surface area contributed by atoms with Crippen LogP contribution in [0.4, 0.5) is 0 Å². The van der Waals surface area contributed by atoms with Crippen molar-refractivity contribution in [1.29, 1.82) is 0 Å². The summed E-state index contributed by atoms with van der Waals surface area (Å²) in [5.41, 5.74) is 0. The largest absolute Gasteiger partial charge is 0.472 e. The van der Waals surface area contributed by atoms with Gasteiger partial charge < -0.3 is 33.8 Å². The zero-order chi connectivity index (χ0) is 77.6. The third kappa shape index (κ3) is 80.1. The number of esters is 4. The van der Waals surface area contributed by atoms with Crippen LogP contribution in [-0.4, -0.2) is 96.7 Å². The average Bonchev–Trinajstić information content (AvgIpc) is 0.902. The van der Waals surface area contributed by atoms with Crippen LogP contribution in [0, 0.1) is 5.92 Å². The highest BCUT2D eigenvalue weighted by Crippen LogP contribution is 2.45. The highest BCUT2D eigenvalue weighted by Gasteiger charge is 2.30. The second-order valence-electron chi connectivity index (χ2n) is 31.8. The second-order valence-corrected chi connectivity index (χ2v) is 34.7. The summed E-state index contributed by atoms with van der Waals surface area (Å²) in [5, 5.41) is 10.7. The molecule has 106 heavy (non-hydrogen) atoms. The van der Waals surface area contributed by atoms with Crippen molar-refractivity contribution < 1.29 is 80.2 Å². The molecule has 0 bridgehead atoms. The van der Waals surface area contributed by atoms with Gasteiger partial charge in [-0.25, -0.2) is 9.13 Å². The minimum absolute atomic E-state index is 0.109. The molecular formula is C87H170O17P2. The van der Waals surface area contributed by atoms with Crippen LogP contribution in [0.25, 0.3) is 0 Å². The average molecular weight is 1550 g/mol. The van der Waals surface area contributed by atoms with E-state index in [2.05, 4.69) is 34.6 Å². The quantitative estimate of drug-likeness (QED) is 0.0222. The predicted octanol–water partition coefficient (Wildman–Crippen LogP) is 26.8. The van der Waals surface area contributed by atoms with Gasteiger partial charge in [0.2, 0.25) is 0 Å². The Morgan fingerprint density at radius 3 is 0.642 bits per heavy atom. The maximum absolute atomic E-state index is 13.1. The van der Waals surface area contributed by atoms with Gasteiger partial charge in [-0.3, -0.25) is 37.3 Å². The van der Waals surface area contributed by atoms with E-state index in [0.717, 1.165) is 95.8 Å². The molecule has 0 aromatic carbocycles. The number of aliphatic hydroxyl groups is 1.